The molecule has 0 aliphatic carbocycles. The molecule has 0 atom stereocenters. The molecule has 4 rings (SSSR count). The second kappa shape index (κ2) is 6.78. The lowest BCUT2D eigenvalue weighted by molar-refractivity contribution is 0.389. The molecule has 2 heterocycles. The molecule has 26 heavy (non-hydrogen) atoms. The van der Waals surface area contributed by atoms with Gasteiger partial charge in [0.25, 0.3) is 0 Å². The van der Waals surface area contributed by atoms with Crippen molar-refractivity contribution >= 4 is 44.3 Å². The van der Waals surface area contributed by atoms with Gasteiger partial charge in [0.15, 0.2) is 0 Å². The molecule has 0 amide bonds. The Bertz CT molecular complexity index is 1100. The van der Waals surface area contributed by atoms with Gasteiger partial charge in [-0.3, -0.25) is 0 Å². The van der Waals surface area contributed by atoms with E-state index >= 15 is 0 Å². The van der Waals surface area contributed by atoms with Crippen LogP contribution < -0.4 is 4.74 Å². The van der Waals surface area contributed by atoms with Gasteiger partial charge in [-0.2, -0.15) is 0 Å². The summed E-state index contributed by atoms with van der Waals surface area (Å²) >= 11 is 6.50. The van der Waals surface area contributed by atoms with Crippen LogP contribution in [-0.4, -0.2) is 42.2 Å². The maximum absolute atomic E-state index is 6.50. The van der Waals surface area contributed by atoms with E-state index in [0.29, 0.717) is 5.15 Å². The lowest BCUT2D eigenvalue weighted by atomic mass is 10.1. The maximum atomic E-state index is 6.50. The number of aromatic nitrogens is 2. The summed E-state index contributed by atoms with van der Waals surface area (Å²) in [4.78, 5) is 6.95. The van der Waals surface area contributed by atoms with Crippen LogP contribution >= 0.6 is 11.6 Å². The summed E-state index contributed by atoms with van der Waals surface area (Å²) < 4.78 is 7.82. The normalized spacial score (nSPS) is 11.9. The molecule has 134 valence electrons. The van der Waals surface area contributed by atoms with Crippen LogP contribution in [0, 0.1) is 0 Å². The van der Waals surface area contributed by atoms with E-state index in [1.807, 2.05) is 18.2 Å². The SMILES string of the molecule is COc1ccc2c3nc(Cl)c4ccccc4c3n(CCCN(C)C)c2c1. The predicted molar refractivity (Wildman–Crippen MR) is 109 cm³/mol. The highest BCUT2D eigenvalue weighted by atomic mass is 35.5. The van der Waals surface area contributed by atoms with Crippen molar-refractivity contribution in [2.45, 2.75) is 13.0 Å². The molecule has 0 fully saturated rings. The van der Waals surface area contributed by atoms with Crippen LogP contribution in [0.15, 0.2) is 42.5 Å². The summed E-state index contributed by atoms with van der Waals surface area (Å²) in [6.07, 6.45) is 1.06. The van der Waals surface area contributed by atoms with Crippen LogP contribution in [-0.2, 0) is 6.54 Å². The third-order valence-corrected chi connectivity index (χ3v) is 5.13. The molecular weight excluding hydrogens is 346 g/mol. The number of methoxy groups -OCH3 is 1. The van der Waals surface area contributed by atoms with Crippen LogP contribution in [0.3, 0.4) is 0 Å². The standard InChI is InChI=1S/C21H22ClN3O/c1-24(2)11-6-12-25-18-13-14(26-3)9-10-17(18)19-20(25)15-7-4-5-8-16(15)21(22)23-19/h4-5,7-10,13H,6,11-12H2,1-3H3. The first-order valence-electron chi connectivity index (χ1n) is 8.79. The van der Waals surface area contributed by atoms with Crippen molar-refractivity contribution in [2.75, 3.05) is 27.7 Å². The molecule has 0 saturated heterocycles. The Hall–Kier alpha value is -2.30. The third kappa shape index (κ3) is 2.79. The topological polar surface area (TPSA) is 30.3 Å². The number of pyridine rings is 1. The first kappa shape index (κ1) is 17.1. The first-order chi connectivity index (χ1) is 12.6. The maximum Gasteiger partial charge on any atom is 0.137 e. The molecule has 0 saturated carbocycles. The molecule has 2 aromatic heterocycles. The van der Waals surface area contributed by atoms with Crippen LogP contribution in [0.25, 0.3) is 32.7 Å². The number of hydrogen-bond acceptors (Lipinski definition) is 3. The van der Waals surface area contributed by atoms with E-state index in [1.54, 1.807) is 7.11 Å². The van der Waals surface area contributed by atoms with Gasteiger partial charge in [0.05, 0.1) is 23.7 Å². The molecule has 0 spiro atoms. The predicted octanol–water partition coefficient (Wildman–Crippen LogP) is 4.96. The Balaban J connectivity index is 2.05. The van der Waals surface area contributed by atoms with E-state index in [4.69, 9.17) is 21.3 Å². The quantitative estimate of drug-likeness (QED) is 0.467. The number of hydrogen-bond donors (Lipinski definition) is 0. The van der Waals surface area contributed by atoms with Gasteiger partial charge in [-0.25, -0.2) is 4.98 Å². The number of aryl methyl sites for hydroxylation is 1. The van der Waals surface area contributed by atoms with Gasteiger partial charge < -0.3 is 14.2 Å². The number of ether oxygens (including phenoxy) is 1. The van der Waals surface area contributed by atoms with Gasteiger partial charge in [-0.1, -0.05) is 35.9 Å². The zero-order chi connectivity index (χ0) is 18.3. The average molecular weight is 368 g/mol. The van der Waals surface area contributed by atoms with Crippen LogP contribution in [0.5, 0.6) is 5.75 Å². The summed E-state index contributed by atoms with van der Waals surface area (Å²) in [5.74, 6) is 0.851. The minimum absolute atomic E-state index is 0.552. The molecule has 5 heteroatoms. The van der Waals surface area contributed by atoms with Crippen LogP contribution in [0.4, 0.5) is 0 Å². The molecule has 4 aromatic rings. The van der Waals surface area contributed by atoms with E-state index in [0.717, 1.165) is 58.0 Å². The Morgan fingerprint density at radius 2 is 1.85 bits per heavy atom. The fourth-order valence-electron chi connectivity index (χ4n) is 3.63. The van der Waals surface area contributed by atoms with E-state index in [9.17, 15) is 0 Å². The summed E-state index contributed by atoms with van der Waals surface area (Å²) in [6, 6.07) is 14.4. The van der Waals surface area contributed by atoms with Crippen molar-refractivity contribution in [1.29, 1.82) is 0 Å². The third-order valence-electron chi connectivity index (χ3n) is 4.85. The molecular formula is C21H22ClN3O. The highest BCUT2D eigenvalue weighted by Gasteiger charge is 2.17. The first-order valence-corrected chi connectivity index (χ1v) is 9.17. The minimum Gasteiger partial charge on any atom is -0.497 e. The lowest BCUT2D eigenvalue weighted by Crippen LogP contribution is -2.15. The van der Waals surface area contributed by atoms with Crippen LogP contribution in [0.1, 0.15) is 6.42 Å². The van der Waals surface area contributed by atoms with Gasteiger partial charge in [0.1, 0.15) is 10.9 Å². The number of nitrogens with zero attached hydrogens (tertiary/aromatic N) is 3. The number of halogens is 1. The number of fused-ring (bicyclic) bond motifs is 5. The molecule has 0 bridgehead atoms. The summed E-state index contributed by atoms with van der Waals surface area (Å²) in [7, 11) is 5.90. The van der Waals surface area contributed by atoms with Gasteiger partial charge in [-0.15, -0.1) is 0 Å². The molecule has 4 nitrogen and oxygen atoms in total. The Morgan fingerprint density at radius 1 is 1.08 bits per heavy atom. The summed E-state index contributed by atoms with van der Waals surface area (Å²) in [6.45, 7) is 1.95. The van der Waals surface area contributed by atoms with Crippen molar-refractivity contribution in [3.63, 3.8) is 0 Å². The van der Waals surface area contributed by atoms with Crippen molar-refractivity contribution in [1.82, 2.24) is 14.5 Å². The Morgan fingerprint density at radius 3 is 2.58 bits per heavy atom. The number of benzene rings is 2. The monoisotopic (exact) mass is 367 g/mol. The van der Waals surface area contributed by atoms with Crippen molar-refractivity contribution < 1.29 is 4.74 Å². The molecule has 0 N–H and O–H groups in total. The van der Waals surface area contributed by atoms with Crippen molar-refractivity contribution in [3.05, 3.63) is 47.6 Å². The fraction of sp³-hybridized carbons (Fsp3) is 0.286. The lowest BCUT2D eigenvalue weighted by Gasteiger charge is -2.13. The summed E-state index contributed by atoms with van der Waals surface area (Å²) in [5.41, 5.74) is 3.24. The highest BCUT2D eigenvalue weighted by Crippen LogP contribution is 2.37. The second-order valence-electron chi connectivity index (χ2n) is 6.84. The molecule has 2 aromatic carbocycles. The zero-order valence-corrected chi connectivity index (χ0v) is 16.0. The fourth-order valence-corrected chi connectivity index (χ4v) is 3.88. The largest absolute Gasteiger partial charge is 0.497 e. The van der Waals surface area contributed by atoms with Gasteiger partial charge in [-0.05, 0) is 39.2 Å². The highest BCUT2D eigenvalue weighted by molar-refractivity contribution is 6.36. The van der Waals surface area contributed by atoms with Gasteiger partial charge in [0.2, 0.25) is 0 Å². The molecule has 0 aliphatic rings. The van der Waals surface area contributed by atoms with E-state index in [-0.39, 0.29) is 0 Å². The zero-order valence-electron chi connectivity index (χ0n) is 15.3. The van der Waals surface area contributed by atoms with E-state index < -0.39 is 0 Å². The minimum atomic E-state index is 0.552. The van der Waals surface area contributed by atoms with Crippen molar-refractivity contribution in [2.24, 2.45) is 0 Å². The average Bonchev–Trinajstić information content (AvgIpc) is 2.95. The molecule has 0 aliphatic heterocycles. The Kier molecular flexibility index (Phi) is 4.47. The van der Waals surface area contributed by atoms with Crippen LogP contribution in [0.2, 0.25) is 5.15 Å². The summed E-state index contributed by atoms with van der Waals surface area (Å²) in [5, 5.41) is 3.79. The van der Waals surface area contributed by atoms with Crippen molar-refractivity contribution in [3.8, 4) is 5.75 Å². The Labute approximate surface area is 157 Å². The smallest absolute Gasteiger partial charge is 0.137 e. The van der Waals surface area contributed by atoms with E-state index in [2.05, 4.69) is 47.8 Å². The van der Waals surface area contributed by atoms with E-state index in [1.165, 1.54) is 0 Å². The van der Waals surface area contributed by atoms with Gasteiger partial charge >= 0.3 is 0 Å². The second-order valence-corrected chi connectivity index (χ2v) is 7.19. The van der Waals surface area contributed by atoms with Gasteiger partial charge in [0, 0.05) is 28.8 Å². The number of rotatable bonds is 5. The molecule has 0 unspecified atom stereocenters. The molecule has 0 radical (unpaired) electrons.